The third-order valence-electron chi connectivity index (χ3n) is 4.18. The van der Waals surface area contributed by atoms with Crippen molar-refractivity contribution in [3.63, 3.8) is 0 Å². The van der Waals surface area contributed by atoms with E-state index in [1.54, 1.807) is 47.1 Å². The second-order valence-corrected chi connectivity index (χ2v) is 8.35. The summed E-state index contributed by atoms with van der Waals surface area (Å²) < 4.78 is 2.47. The molecule has 150 valence electrons. The number of anilines is 1. The number of hydrogen-bond acceptors (Lipinski definition) is 3. The second kappa shape index (κ2) is 8.78. The van der Waals surface area contributed by atoms with Crippen molar-refractivity contribution in [2.45, 2.75) is 0 Å². The summed E-state index contributed by atoms with van der Waals surface area (Å²) >= 11 is 21.8. The lowest BCUT2D eigenvalue weighted by Crippen LogP contribution is -2.14. The number of nitrogens with zero attached hydrogens (tertiary/aromatic N) is 3. The molecule has 1 N–H and O–H groups in total. The van der Waals surface area contributed by atoms with Crippen molar-refractivity contribution in [1.82, 2.24) is 14.8 Å². The zero-order chi connectivity index (χ0) is 21.3. The smallest absolute Gasteiger partial charge is 0.295 e. The van der Waals surface area contributed by atoms with Gasteiger partial charge in [0.05, 0.1) is 26.4 Å². The van der Waals surface area contributed by atoms with Crippen molar-refractivity contribution >= 4 is 62.3 Å². The van der Waals surface area contributed by atoms with Gasteiger partial charge in [-0.25, -0.2) is 9.67 Å². The Hall–Kier alpha value is -2.38. The Balaban J connectivity index is 1.79. The molecule has 9 heteroatoms. The first-order chi connectivity index (χ1) is 14.4. The number of nitrogens with one attached hydrogen (secondary N) is 1. The molecule has 0 bridgehead atoms. The molecule has 30 heavy (non-hydrogen) atoms. The minimum absolute atomic E-state index is 0.0149. The van der Waals surface area contributed by atoms with Crippen molar-refractivity contribution < 1.29 is 4.79 Å². The first kappa shape index (κ1) is 20.9. The first-order valence-corrected chi connectivity index (χ1v) is 10.6. The lowest BCUT2D eigenvalue weighted by atomic mass is 10.2. The molecule has 4 aromatic rings. The van der Waals surface area contributed by atoms with Gasteiger partial charge >= 0.3 is 0 Å². The highest BCUT2D eigenvalue weighted by Gasteiger charge is 2.20. The van der Waals surface area contributed by atoms with Crippen LogP contribution in [-0.2, 0) is 0 Å². The maximum atomic E-state index is 12.8. The molecular weight excluding hydrogens is 511 g/mol. The molecule has 0 fully saturated rings. The van der Waals surface area contributed by atoms with Crippen LogP contribution in [0.4, 0.5) is 5.69 Å². The molecule has 0 saturated heterocycles. The second-order valence-electron chi connectivity index (χ2n) is 6.21. The van der Waals surface area contributed by atoms with Crippen molar-refractivity contribution in [3.05, 3.63) is 92.1 Å². The van der Waals surface area contributed by atoms with Crippen molar-refractivity contribution in [2.75, 3.05) is 5.32 Å². The van der Waals surface area contributed by atoms with Crippen LogP contribution in [0.25, 0.3) is 17.1 Å². The van der Waals surface area contributed by atoms with Crippen molar-refractivity contribution in [3.8, 4) is 17.1 Å². The van der Waals surface area contributed by atoms with Gasteiger partial charge in [0.25, 0.3) is 5.91 Å². The van der Waals surface area contributed by atoms with Gasteiger partial charge in [-0.3, -0.25) is 4.79 Å². The number of para-hydroxylation sites is 1. The van der Waals surface area contributed by atoms with Gasteiger partial charge in [-0.05, 0) is 42.5 Å². The SMILES string of the molecule is O=C(Nc1ccccc1Cl)c1nc(-c2ccc(Br)cc2)n(-c2ccc(Cl)c(Cl)c2)n1. The maximum Gasteiger partial charge on any atom is 0.295 e. The normalized spacial score (nSPS) is 10.8. The number of aromatic nitrogens is 3. The molecule has 1 heterocycles. The molecule has 3 aromatic carbocycles. The summed E-state index contributed by atoms with van der Waals surface area (Å²) in [6.45, 7) is 0. The van der Waals surface area contributed by atoms with Gasteiger partial charge in [-0.15, -0.1) is 5.10 Å². The lowest BCUT2D eigenvalue weighted by molar-refractivity contribution is 0.101. The van der Waals surface area contributed by atoms with Crippen LogP contribution in [0.2, 0.25) is 15.1 Å². The van der Waals surface area contributed by atoms with Gasteiger partial charge < -0.3 is 5.32 Å². The topological polar surface area (TPSA) is 59.8 Å². The van der Waals surface area contributed by atoms with Gasteiger partial charge in [-0.2, -0.15) is 0 Å². The standard InChI is InChI=1S/C21H12BrCl3N4O/c22-13-7-5-12(6-8-13)20-27-19(21(30)26-18-4-2-1-3-16(18)24)28-29(20)14-9-10-15(23)17(25)11-14/h1-11H,(H,26,30). The molecule has 5 nitrogen and oxygen atoms in total. The Morgan fingerprint density at radius 3 is 2.33 bits per heavy atom. The molecule has 0 aliphatic rings. The fraction of sp³-hybridized carbons (Fsp3) is 0. The van der Waals surface area contributed by atoms with E-state index in [1.165, 1.54) is 0 Å². The van der Waals surface area contributed by atoms with E-state index < -0.39 is 5.91 Å². The monoisotopic (exact) mass is 520 g/mol. The Morgan fingerprint density at radius 2 is 1.63 bits per heavy atom. The van der Waals surface area contributed by atoms with Crippen LogP contribution in [0.15, 0.2) is 71.2 Å². The summed E-state index contributed by atoms with van der Waals surface area (Å²) in [4.78, 5) is 17.3. The van der Waals surface area contributed by atoms with Gasteiger partial charge in [-0.1, -0.05) is 75.0 Å². The molecule has 1 amide bonds. The molecule has 0 saturated carbocycles. The van der Waals surface area contributed by atoms with Crippen molar-refractivity contribution in [1.29, 1.82) is 0 Å². The number of carbonyl (C=O) groups is 1. The zero-order valence-electron chi connectivity index (χ0n) is 15.1. The van der Waals surface area contributed by atoms with E-state index in [1.807, 2.05) is 24.3 Å². The molecule has 0 unspecified atom stereocenters. The number of benzene rings is 3. The van der Waals surface area contributed by atoms with Crippen LogP contribution >= 0.6 is 50.7 Å². The lowest BCUT2D eigenvalue weighted by Gasteiger charge is -2.07. The third kappa shape index (κ3) is 4.37. The van der Waals surface area contributed by atoms with Crippen LogP contribution in [0.5, 0.6) is 0 Å². The predicted octanol–water partition coefficient (Wildman–Crippen LogP) is 6.91. The summed E-state index contributed by atoms with van der Waals surface area (Å²) in [6, 6.07) is 19.5. The fourth-order valence-corrected chi connectivity index (χ4v) is 3.47. The molecule has 0 spiro atoms. The highest BCUT2D eigenvalue weighted by molar-refractivity contribution is 9.10. The van der Waals surface area contributed by atoms with E-state index in [0.29, 0.717) is 32.3 Å². The van der Waals surface area contributed by atoms with Gasteiger partial charge in [0, 0.05) is 10.0 Å². The summed E-state index contributed by atoms with van der Waals surface area (Å²) in [5.74, 6) is -0.0237. The number of amides is 1. The highest BCUT2D eigenvalue weighted by atomic mass is 79.9. The summed E-state index contributed by atoms with van der Waals surface area (Å²) in [5, 5.41) is 8.36. The molecule has 0 atom stereocenters. The van der Waals surface area contributed by atoms with Gasteiger partial charge in [0.15, 0.2) is 5.82 Å². The fourth-order valence-electron chi connectivity index (χ4n) is 2.73. The quantitative estimate of drug-likeness (QED) is 0.317. The van der Waals surface area contributed by atoms with E-state index in [4.69, 9.17) is 34.8 Å². The van der Waals surface area contributed by atoms with E-state index in [0.717, 1.165) is 10.0 Å². The van der Waals surface area contributed by atoms with Gasteiger partial charge in [0.2, 0.25) is 5.82 Å². The van der Waals surface area contributed by atoms with Gasteiger partial charge in [0.1, 0.15) is 0 Å². The average Bonchev–Trinajstić information content (AvgIpc) is 3.18. The van der Waals surface area contributed by atoms with Crippen LogP contribution in [0.1, 0.15) is 10.6 Å². The first-order valence-electron chi connectivity index (χ1n) is 8.66. The van der Waals surface area contributed by atoms with Crippen LogP contribution in [0, 0.1) is 0 Å². The average molecular weight is 523 g/mol. The molecular formula is C21H12BrCl3N4O. The molecule has 0 radical (unpaired) electrons. The third-order valence-corrected chi connectivity index (χ3v) is 5.78. The van der Waals surface area contributed by atoms with Crippen LogP contribution < -0.4 is 5.32 Å². The number of halogens is 4. The van der Waals surface area contributed by atoms with E-state index in [9.17, 15) is 4.79 Å². The van der Waals surface area contributed by atoms with E-state index >= 15 is 0 Å². The Bertz CT molecular complexity index is 1240. The summed E-state index contributed by atoms with van der Waals surface area (Å²) in [7, 11) is 0. The Labute approximate surface area is 195 Å². The predicted molar refractivity (Wildman–Crippen MR) is 124 cm³/mol. The van der Waals surface area contributed by atoms with E-state index in [-0.39, 0.29) is 5.82 Å². The van der Waals surface area contributed by atoms with Crippen molar-refractivity contribution in [2.24, 2.45) is 0 Å². The number of carbonyl (C=O) groups excluding carboxylic acids is 1. The maximum absolute atomic E-state index is 12.8. The summed E-state index contributed by atoms with van der Waals surface area (Å²) in [6.07, 6.45) is 0. The Morgan fingerprint density at radius 1 is 0.900 bits per heavy atom. The zero-order valence-corrected chi connectivity index (χ0v) is 19.0. The number of hydrogen-bond donors (Lipinski definition) is 1. The van der Waals surface area contributed by atoms with Crippen LogP contribution in [0.3, 0.4) is 0 Å². The highest BCUT2D eigenvalue weighted by Crippen LogP contribution is 2.28. The molecule has 4 rings (SSSR count). The summed E-state index contributed by atoms with van der Waals surface area (Å²) in [5.41, 5.74) is 1.86. The largest absolute Gasteiger partial charge is 0.318 e. The molecule has 1 aromatic heterocycles. The van der Waals surface area contributed by atoms with Crippen LogP contribution in [-0.4, -0.2) is 20.7 Å². The molecule has 0 aliphatic heterocycles. The van der Waals surface area contributed by atoms with E-state index in [2.05, 4.69) is 31.3 Å². The molecule has 0 aliphatic carbocycles. The minimum Gasteiger partial charge on any atom is -0.318 e. The number of rotatable bonds is 4. The minimum atomic E-state index is -0.486. The Kier molecular flexibility index (Phi) is 6.11.